The molecule has 0 spiro atoms. The van der Waals surface area contributed by atoms with Crippen molar-refractivity contribution in [3.63, 3.8) is 0 Å². The van der Waals surface area contributed by atoms with Crippen LogP contribution in [0.4, 0.5) is 0 Å². The highest BCUT2D eigenvalue weighted by Gasteiger charge is 2.25. The van der Waals surface area contributed by atoms with Crippen LogP contribution in [0.15, 0.2) is 24.3 Å². The summed E-state index contributed by atoms with van der Waals surface area (Å²) in [5.74, 6) is 0. The summed E-state index contributed by atoms with van der Waals surface area (Å²) in [6.45, 7) is 9.75. The zero-order valence-corrected chi connectivity index (χ0v) is 14.0. The van der Waals surface area contributed by atoms with E-state index in [1.54, 1.807) is 0 Å². The Morgan fingerprint density at radius 3 is 2.48 bits per heavy atom. The molecule has 1 aromatic carbocycles. The Balaban J connectivity index is 1.88. The summed E-state index contributed by atoms with van der Waals surface area (Å²) in [6, 6.07) is 8.94. The average Bonchev–Trinajstić information content (AvgIpc) is 2.48. The van der Waals surface area contributed by atoms with Gasteiger partial charge in [0.1, 0.15) is 0 Å². The molecule has 0 radical (unpaired) electrons. The van der Waals surface area contributed by atoms with Crippen molar-refractivity contribution in [3.8, 4) is 0 Å². The summed E-state index contributed by atoms with van der Waals surface area (Å²) < 4.78 is 0. The van der Waals surface area contributed by atoms with Crippen molar-refractivity contribution < 1.29 is 0 Å². The van der Waals surface area contributed by atoms with Gasteiger partial charge in [-0.1, -0.05) is 49.8 Å². The zero-order valence-electron chi connectivity index (χ0n) is 13.2. The molecule has 2 rings (SSSR count). The molecule has 4 heteroatoms. The molecule has 0 saturated carbocycles. The number of rotatable bonds is 6. The van der Waals surface area contributed by atoms with Gasteiger partial charge in [-0.25, -0.2) is 0 Å². The van der Waals surface area contributed by atoms with Gasteiger partial charge in [-0.2, -0.15) is 0 Å². The molecule has 3 nitrogen and oxygen atoms in total. The standard InChI is InChI=1S/C17H27N3S/c1-3-6-16(17(18)21)20-11-9-19(10-12-20)13-15-8-5-4-7-14(15)2/h4-5,7-8,16H,3,6,9-13H2,1-2H3,(H2,18,21). The third-order valence-corrected chi connectivity index (χ3v) is 4.67. The van der Waals surface area contributed by atoms with Crippen LogP contribution in [0.5, 0.6) is 0 Å². The maximum absolute atomic E-state index is 5.91. The lowest BCUT2D eigenvalue weighted by molar-refractivity contribution is 0.110. The zero-order chi connectivity index (χ0) is 15.2. The summed E-state index contributed by atoms with van der Waals surface area (Å²) in [7, 11) is 0. The van der Waals surface area contributed by atoms with Crippen LogP contribution >= 0.6 is 12.2 Å². The second-order valence-corrected chi connectivity index (χ2v) is 6.42. The Bertz CT molecular complexity index is 467. The molecule has 21 heavy (non-hydrogen) atoms. The Hall–Kier alpha value is -0.970. The van der Waals surface area contributed by atoms with Crippen molar-refractivity contribution >= 4 is 17.2 Å². The van der Waals surface area contributed by atoms with E-state index in [1.807, 2.05) is 0 Å². The van der Waals surface area contributed by atoms with Gasteiger partial charge in [0, 0.05) is 32.7 Å². The Morgan fingerprint density at radius 2 is 1.90 bits per heavy atom. The SMILES string of the molecule is CCCC(C(N)=S)N1CCN(Cc2ccccc2C)CC1. The second-order valence-electron chi connectivity index (χ2n) is 5.95. The largest absolute Gasteiger partial charge is 0.392 e. The van der Waals surface area contributed by atoms with E-state index in [4.69, 9.17) is 18.0 Å². The molecule has 1 aliphatic heterocycles. The molecule has 0 aliphatic carbocycles. The molecule has 116 valence electrons. The Kier molecular flexibility index (Phi) is 6.15. The highest BCUT2D eigenvalue weighted by Crippen LogP contribution is 2.15. The van der Waals surface area contributed by atoms with Crippen molar-refractivity contribution in [2.75, 3.05) is 26.2 Å². The first-order valence-electron chi connectivity index (χ1n) is 7.92. The first-order chi connectivity index (χ1) is 10.1. The van der Waals surface area contributed by atoms with Gasteiger partial charge < -0.3 is 5.73 Å². The summed E-state index contributed by atoms with van der Waals surface area (Å²) in [5.41, 5.74) is 8.72. The summed E-state index contributed by atoms with van der Waals surface area (Å²) in [5, 5.41) is 0. The van der Waals surface area contributed by atoms with Crippen LogP contribution in [0.2, 0.25) is 0 Å². The number of benzene rings is 1. The molecule has 1 fully saturated rings. The summed E-state index contributed by atoms with van der Waals surface area (Å²) in [6.07, 6.45) is 2.21. The molecule has 1 aromatic rings. The van der Waals surface area contributed by atoms with Crippen LogP contribution in [0, 0.1) is 6.92 Å². The molecule has 0 aromatic heterocycles. The lowest BCUT2D eigenvalue weighted by Crippen LogP contribution is -2.53. The molecule has 2 N–H and O–H groups in total. The molecule has 1 unspecified atom stereocenters. The van der Waals surface area contributed by atoms with Gasteiger partial charge in [-0.15, -0.1) is 0 Å². The van der Waals surface area contributed by atoms with Gasteiger partial charge in [0.05, 0.1) is 11.0 Å². The van der Waals surface area contributed by atoms with E-state index in [0.29, 0.717) is 4.99 Å². The number of thiocarbonyl (C=S) groups is 1. The minimum atomic E-state index is 0.283. The van der Waals surface area contributed by atoms with Crippen LogP contribution < -0.4 is 5.73 Å². The first kappa shape index (κ1) is 16.4. The molecule has 0 amide bonds. The number of piperazine rings is 1. The maximum atomic E-state index is 5.91. The van der Waals surface area contributed by atoms with Crippen LogP contribution in [0.25, 0.3) is 0 Å². The summed E-state index contributed by atoms with van der Waals surface area (Å²) in [4.78, 5) is 5.64. The fourth-order valence-electron chi connectivity index (χ4n) is 3.04. The number of aryl methyl sites for hydroxylation is 1. The van der Waals surface area contributed by atoms with E-state index in [9.17, 15) is 0 Å². The van der Waals surface area contributed by atoms with Gasteiger partial charge in [-0.05, 0) is 24.5 Å². The van der Waals surface area contributed by atoms with Crippen molar-refractivity contribution in [1.29, 1.82) is 0 Å². The van der Waals surface area contributed by atoms with Crippen molar-refractivity contribution in [3.05, 3.63) is 35.4 Å². The van der Waals surface area contributed by atoms with E-state index in [-0.39, 0.29) is 6.04 Å². The van der Waals surface area contributed by atoms with Gasteiger partial charge >= 0.3 is 0 Å². The molecular formula is C17H27N3S. The molecule has 1 aliphatic rings. The van der Waals surface area contributed by atoms with Gasteiger partial charge in [0.15, 0.2) is 0 Å². The van der Waals surface area contributed by atoms with Crippen LogP contribution in [-0.4, -0.2) is 47.0 Å². The quantitative estimate of drug-likeness (QED) is 0.819. The van der Waals surface area contributed by atoms with Crippen LogP contribution in [0.3, 0.4) is 0 Å². The number of hydrogen-bond acceptors (Lipinski definition) is 3. The molecule has 1 atom stereocenters. The fourth-order valence-corrected chi connectivity index (χ4v) is 3.31. The van der Waals surface area contributed by atoms with Crippen molar-refractivity contribution in [2.45, 2.75) is 39.3 Å². The van der Waals surface area contributed by atoms with Crippen molar-refractivity contribution in [1.82, 2.24) is 9.80 Å². The third kappa shape index (κ3) is 4.50. The number of nitrogens with zero attached hydrogens (tertiary/aromatic N) is 2. The smallest absolute Gasteiger partial charge is 0.0902 e. The minimum absolute atomic E-state index is 0.283. The number of nitrogens with two attached hydrogens (primary N) is 1. The van der Waals surface area contributed by atoms with E-state index in [1.165, 1.54) is 11.1 Å². The predicted molar refractivity (Wildman–Crippen MR) is 93.5 cm³/mol. The molecular weight excluding hydrogens is 278 g/mol. The maximum Gasteiger partial charge on any atom is 0.0902 e. The third-order valence-electron chi connectivity index (χ3n) is 4.39. The average molecular weight is 305 g/mol. The van der Waals surface area contributed by atoms with Crippen LogP contribution in [0.1, 0.15) is 30.9 Å². The Labute approximate surface area is 134 Å². The predicted octanol–water partition coefficient (Wildman–Crippen LogP) is 2.57. The lowest BCUT2D eigenvalue weighted by atomic mass is 10.1. The Morgan fingerprint density at radius 1 is 1.24 bits per heavy atom. The van der Waals surface area contributed by atoms with Gasteiger partial charge in [-0.3, -0.25) is 9.80 Å². The minimum Gasteiger partial charge on any atom is -0.392 e. The highest BCUT2D eigenvalue weighted by molar-refractivity contribution is 7.80. The topological polar surface area (TPSA) is 32.5 Å². The summed E-state index contributed by atoms with van der Waals surface area (Å²) >= 11 is 5.24. The van der Waals surface area contributed by atoms with E-state index in [0.717, 1.165) is 45.6 Å². The lowest BCUT2D eigenvalue weighted by Gasteiger charge is -2.39. The fraction of sp³-hybridized carbons (Fsp3) is 0.588. The van der Waals surface area contributed by atoms with Gasteiger partial charge in [0.25, 0.3) is 0 Å². The van der Waals surface area contributed by atoms with E-state index < -0.39 is 0 Å². The first-order valence-corrected chi connectivity index (χ1v) is 8.33. The molecule has 1 heterocycles. The van der Waals surface area contributed by atoms with E-state index in [2.05, 4.69) is 47.9 Å². The van der Waals surface area contributed by atoms with Gasteiger partial charge in [0.2, 0.25) is 0 Å². The normalized spacial score (nSPS) is 18.6. The molecule has 0 bridgehead atoms. The monoisotopic (exact) mass is 305 g/mol. The van der Waals surface area contributed by atoms with E-state index >= 15 is 0 Å². The molecule has 1 saturated heterocycles. The highest BCUT2D eigenvalue weighted by atomic mass is 32.1. The van der Waals surface area contributed by atoms with Crippen LogP contribution in [-0.2, 0) is 6.54 Å². The number of hydrogen-bond donors (Lipinski definition) is 1. The second kappa shape index (κ2) is 7.87. The van der Waals surface area contributed by atoms with Crippen molar-refractivity contribution in [2.24, 2.45) is 5.73 Å².